The Morgan fingerprint density at radius 1 is 1.14 bits per heavy atom. The molecule has 0 aliphatic carbocycles. The van der Waals surface area contributed by atoms with Gasteiger partial charge < -0.3 is 5.32 Å². The van der Waals surface area contributed by atoms with Crippen LogP contribution in [0.3, 0.4) is 0 Å². The fourth-order valence-corrected chi connectivity index (χ4v) is 2.42. The van der Waals surface area contributed by atoms with Crippen molar-refractivity contribution in [3.05, 3.63) is 52.4 Å². The Labute approximate surface area is 125 Å². The Morgan fingerprint density at radius 3 is 2.29 bits per heavy atom. The van der Waals surface area contributed by atoms with Gasteiger partial charge in [0.25, 0.3) is 0 Å². The van der Waals surface area contributed by atoms with Gasteiger partial charge >= 0.3 is 0 Å². The van der Waals surface area contributed by atoms with E-state index in [1.54, 1.807) is 6.08 Å². The molecule has 0 unspecified atom stereocenters. The molecule has 2 rings (SSSR count). The van der Waals surface area contributed by atoms with Crippen molar-refractivity contribution in [2.75, 3.05) is 5.32 Å². The second-order valence-electron chi connectivity index (χ2n) is 5.41. The maximum atomic E-state index is 12.0. The molecule has 2 aromatic rings. The molecule has 1 aromatic carbocycles. The van der Waals surface area contributed by atoms with Crippen molar-refractivity contribution in [3.63, 3.8) is 0 Å². The molecule has 21 heavy (non-hydrogen) atoms. The topological polar surface area (TPSA) is 46.9 Å². The number of benzene rings is 1. The van der Waals surface area contributed by atoms with Gasteiger partial charge in [0.2, 0.25) is 5.91 Å². The lowest BCUT2D eigenvalue weighted by Gasteiger charge is -2.05. The summed E-state index contributed by atoms with van der Waals surface area (Å²) in [6.07, 6.45) is 3.37. The van der Waals surface area contributed by atoms with Crippen LogP contribution in [0.2, 0.25) is 0 Å². The van der Waals surface area contributed by atoms with Gasteiger partial charge in [-0.25, -0.2) is 0 Å². The number of nitrogens with one attached hydrogen (secondary N) is 1. The summed E-state index contributed by atoms with van der Waals surface area (Å²) >= 11 is 0. The zero-order valence-electron chi connectivity index (χ0n) is 13.2. The second-order valence-corrected chi connectivity index (χ2v) is 5.41. The number of hydrogen-bond donors (Lipinski definition) is 1. The predicted octanol–water partition coefficient (Wildman–Crippen LogP) is 3.31. The Balaban J connectivity index is 2.12. The number of amides is 1. The molecule has 4 heteroatoms. The van der Waals surface area contributed by atoms with E-state index in [0.29, 0.717) is 0 Å². The molecular weight excluding hydrogens is 262 g/mol. The zero-order chi connectivity index (χ0) is 15.6. The summed E-state index contributed by atoms with van der Waals surface area (Å²) in [5.41, 5.74) is 6.05. The third-order valence-electron chi connectivity index (χ3n) is 3.46. The maximum absolute atomic E-state index is 12.0. The van der Waals surface area contributed by atoms with Crippen molar-refractivity contribution in [1.82, 2.24) is 9.78 Å². The summed E-state index contributed by atoms with van der Waals surface area (Å²) in [7, 11) is 1.90. The van der Waals surface area contributed by atoms with Crippen LogP contribution in [0.15, 0.2) is 24.3 Å². The maximum Gasteiger partial charge on any atom is 0.248 e. The van der Waals surface area contributed by atoms with Crippen LogP contribution in [-0.2, 0) is 11.8 Å². The van der Waals surface area contributed by atoms with E-state index in [-0.39, 0.29) is 5.91 Å². The molecule has 4 nitrogen and oxygen atoms in total. The zero-order valence-corrected chi connectivity index (χ0v) is 13.2. The third kappa shape index (κ3) is 3.60. The summed E-state index contributed by atoms with van der Waals surface area (Å²) in [6.45, 7) is 7.96. The first kappa shape index (κ1) is 15.0. The SMILES string of the molecule is Cc1cc(C)cc(NC(=O)/C=C/c2c(C)nn(C)c2C)c1. The van der Waals surface area contributed by atoms with Crippen molar-refractivity contribution < 1.29 is 4.79 Å². The molecule has 1 aromatic heterocycles. The number of rotatable bonds is 3. The standard InChI is InChI=1S/C17H21N3O/c1-11-8-12(2)10-15(9-11)18-17(21)7-6-16-13(3)19-20(5)14(16)4/h6-10H,1-5H3,(H,18,21)/b7-6+. The Bertz CT molecular complexity index is 691. The second kappa shape index (κ2) is 5.95. The molecule has 0 aliphatic rings. The monoisotopic (exact) mass is 283 g/mol. The van der Waals surface area contributed by atoms with Gasteiger partial charge in [-0.15, -0.1) is 0 Å². The fraction of sp³-hybridized carbons (Fsp3) is 0.294. The van der Waals surface area contributed by atoms with Crippen LogP contribution in [0, 0.1) is 27.7 Å². The number of aryl methyl sites for hydroxylation is 4. The highest BCUT2D eigenvalue weighted by Gasteiger charge is 2.06. The van der Waals surface area contributed by atoms with Crippen molar-refractivity contribution in [2.45, 2.75) is 27.7 Å². The first-order valence-electron chi connectivity index (χ1n) is 6.94. The van der Waals surface area contributed by atoms with Crippen molar-refractivity contribution in [1.29, 1.82) is 0 Å². The molecular formula is C17H21N3O. The first-order chi connectivity index (χ1) is 9.86. The minimum absolute atomic E-state index is 0.136. The molecule has 0 aliphatic heterocycles. The minimum atomic E-state index is -0.136. The molecule has 0 bridgehead atoms. The molecule has 0 saturated carbocycles. The normalized spacial score (nSPS) is 11.1. The number of carbonyl (C=O) groups is 1. The predicted molar refractivity (Wildman–Crippen MR) is 86.3 cm³/mol. The summed E-state index contributed by atoms with van der Waals surface area (Å²) in [5, 5.41) is 7.22. The molecule has 0 atom stereocenters. The summed E-state index contributed by atoms with van der Waals surface area (Å²) in [4.78, 5) is 12.0. The summed E-state index contributed by atoms with van der Waals surface area (Å²) in [5.74, 6) is -0.136. The number of nitrogens with zero attached hydrogens (tertiary/aromatic N) is 2. The van der Waals surface area contributed by atoms with E-state index in [4.69, 9.17) is 0 Å². The van der Waals surface area contributed by atoms with Crippen LogP contribution in [0.4, 0.5) is 5.69 Å². The van der Waals surface area contributed by atoms with Crippen LogP contribution in [0.25, 0.3) is 6.08 Å². The van der Waals surface area contributed by atoms with Crippen LogP contribution >= 0.6 is 0 Å². The first-order valence-corrected chi connectivity index (χ1v) is 6.94. The van der Waals surface area contributed by atoms with Gasteiger partial charge in [0.15, 0.2) is 0 Å². The molecule has 1 amide bonds. The molecule has 1 heterocycles. The molecule has 110 valence electrons. The van der Waals surface area contributed by atoms with Gasteiger partial charge in [-0.2, -0.15) is 5.10 Å². The van der Waals surface area contributed by atoms with E-state index in [1.807, 2.05) is 57.6 Å². The van der Waals surface area contributed by atoms with E-state index in [9.17, 15) is 4.79 Å². The summed E-state index contributed by atoms with van der Waals surface area (Å²) in [6, 6.07) is 5.99. The number of carbonyl (C=O) groups excluding carboxylic acids is 1. The third-order valence-corrected chi connectivity index (χ3v) is 3.46. The molecule has 1 N–H and O–H groups in total. The highest BCUT2D eigenvalue weighted by atomic mass is 16.1. The van der Waals surface area contributed by atoms with E-state index < -0.39 is 0 Å². The number of hydrogen-bond acceptors (Lipinski definition) is 2. The molecule has 0 saturated heterocycles. The van der Waals surface area contributed by atoms with Crippen LogP contribution < -0.4 is 5.32 Å². The van der Waals surface area contributed by atoms with Crippen LogP contribution in [0.1, 0.15) is 28.1 Å². The van der Waals surface area contributed by atoms with Gasteiger partial charge in [-0.3, -0.25) is 9.48 Å². The van der Waals surface area contributed by atoms with Gasteiger partial charge in [0.05, 0.1) is 5.69 Å². The molecule has 0 radical (unpaired) electrons. The largest absolute Gasteiger partial charge is 0.322 e. The highest BCUT2D eigenvalue weighted by molar-refractivity contribution is 6.02. The average Bonchev–Trinajstić information content (AvgIpc) is 2.60. The average molecular weight is 283 g/mol. The minimum Gasteiger partial charge on any atom is -0.322 e. The molecule has 0 fully saturated rings. The lowest BCUT2D eigenvalue weighted by molar-refractivity contribution is -0.111. The molecule has 0 spiro atoms. The van der Waals surface area contributed by atoms with Crippen LogP contribution in [0.5, 0.6) is 0 Å². The lowest BCUT2D eigenvalue weighted by atomic mass is 10.1. The number of anilines is 1. The lowest BCUT2D eigenvalue weighted by Crippen LogP contribution is -2.08. The summed E-state index contributed by atoms with van der Waals surface area (Å²) < 4.78 is 1.82. The van der Waals surface area contributed by atoms with Crippen molar-refractivity contribution >= 4 is 17.7 Å². The Hall–Kier alpha value is -2.36. The smallest absolute Gasteiger partial charge is 0.248 e. The van der Waals surface area contributed by atoms with Gasteiger partial charge in [0, 0.05) is 30.1 Å². The van der Waals surface area contributed by atoms with E-state index >= 15 is 0 Å². The highest BCUT2D eigenvalue weighted by Crippen LogP contribution is 2.15. The Morgan fingerprint density at radius 2 is 1.76 bits per heavy atom. The van der Waals surface area contributed by atoms with Gasteiger partial charge in [0.1, 0.15) is 0 Å². The van der Waals surface area contributed by atoms with E-state index in [2.05, 4.69) is 16.5 Å². The van der Waals surface area contributed by atoms with Crippen molar-refractivity contribution in [3.8, 4) is 0 Å². The van der Waals surface area contributed by atoms with Crippen molar-refractivity contribution in [2.24, 2.45) is 7.05 Å². The fourth-order valence-electron chi connectivity index (χ4n) is 2.42. The van der Waals surface area contributed by atoms with E-state index in [0.717, 1.165) is 33.8 Å². The Kier molecular flexibility index (Phi) is 4.26. The van der Waals surface area contributed by atoms with Crippen LogP contribution in [-0.4, -0.2) is 15.7 Å². The van der Waals surface area contributed by atoms with Gasteiger partial charge in [-0.05, 0) is 57.0 Å². The number of aromatic nitrogens is 2. The van der Waals surface area contributed by atoms with Gasteiger partial charge in [-0.1, -0.05) is 6.07 Å². The van der Waals surface area contributed by atoms with E-state index in [1.165, 1.54) is 0 Å². The quantitative estimate of drug-likeness (QED) is 0.878.